The van der Waals surface area contributed by atoms with Crippen LogP contribution < -0.4 is 0 Å². The minimum Gasteiger partial charge on any atom is -0.439 e. The van der Waals surface area contributed by atoms with E-state index >= 15 is 0 Å². The van der Waals surface area contributed by atoms with Crippen molar-refractivity contribution in [2.24, 2.45) is 0 Å². The van der Waals surface area contributed by atoms with Crippen LogP contribution in [-0.2, 0) is 23.0 Å². The Morgan fingerprint density at radius 3 is 2.36 bits per heavy atom. The summed E-state index contributed by atoms with van der Waals surface area (Å²) in [5.74, 6) is 0.655. The van der Waals surface area contributed by atoms with Crippen LogP contribution in [0.2, 0.25) is 0 Å². The summed E-state index contributed by atoms with van der Waals surface area (Å²) in [5, 5.41) is 0. The Morgan fingerprint density at radius 2 is 1.61 bits per heavy atom. The van der Waals surface area contributed by atoms with E-state index in [1.54, 1.807) is 16.4 Å². The Bertz CT molecular complexity index is 1360. The van der Waals surface area contributed by atoms with Gasteiger partial charge in [-0.25, -0.2) is 13.4 Å². The second-order valence-corrected chi connectivity index (χ2v) is 10.2. The Kier molecular flexibility index (Phi) is 6.01. The molecule has 2 heterocycles. The predicted molar refractivity (Wildman–Crippen MR) is 129 cm³/mol. The number of hydrogen-bond acceptors (Lipinski definition) is 5. The van der Waals surface area contributed by atoms with Crippen LogP contribution in [0.25, 0.3) is 22.2 Å². The fraction of sp³-hybridized carbons (Fsp3) is 0.269. The van der Waals surface area contributed by atoms with Gasteiger partial charge in [0.1, 0.15) is 5.52 Å². The van der Waals surface area contributed by atoms with E-state index in [-0.39, 0.29) is 0 Å². The van der Waals surface area contributed by atoms with E-state index in [1.165, 1.54) is 0 Å². The summed E-state index contributed by atoms with van der Waals surface area (Å²) in [5.41, 5.74) is 4.71. The highest BCUT2D eigenvalue weighted by molar-refractivity contribution is 7.89. The standard InChI is InChI=1S/C26H27N3O3S/c1-2-20-8-6-7-11-25(20)33(30,31)29-16-14-28(15-17-29)19-26-27-23-18-22(12-13-24(23)32-26)21-9-4-3-5-10-21/h3-13,18H,2,14-17,19H2,1H3. The van der Waals surface area contributed by atoms with Gasteiger partial charge in [0.25, 0.3) is 0 Å². The van der Waals surface area contributed by atoms with Gasteiger partial charge in [0.2, 0.25) is 15.9 Å². The van der Waals surface area contributed by atoms with Gasteiger partial charge in [0.05, 0.1) is 11.4 Å². The van der Waals surface area contributed by atoms with Crippen LogP contribution in [0.5, 0.6) is 0 Å². The Morgan fingerprint density at radius 1 is 0.879 bits per heavy atom. The van der Waals surface area contributed by atoms with Gasteiger partial charge in [0, 0.05) is 26.2 Å². The Balaban J connectivity index is 1.26. The van der Waals surface area contributed by atoms with Crippen molar-refractivity contribution in [3.8, 4) is 11.1 Å². The first kappa shape index (κ1) is 21.8. The van der Waals surface area contributed by atoms with Gasteiger partial charge >= 0.3 is 0 Å². The quantitative estimate of drug-likeness (QED) is 0.421. The second-order valence-electron chi connectivity index (χ2n) is 8.30. The van der Waals surface area contributed by atoms with Gasteiger partial charge < -0.3 is 4.42 Å². The third kappa shape index (κ3) is 4.44. The number of fused-ring (bicyclic) bond motifs is 1. The van der Waals surface area contributed by atoms with Gasteiger partial charge in [-0.1, -0.05) is 61.5 Å². The molecule has 0 spiro atoms. The van der Waals surface area contributed by atoms with Gasteiger partial charge in [0.15, 0.2) is 5.58 Å². The molecule has 0 saturated carbocycles. The van der Waals surface area contributed by atoms with Crippen molar-refractivity contribution in [1.29, 1.82) is 0 Å². The van der Waals surface area contributed by atoms with E-state index in [1.807, 2.05) is 55.5 Å². The predicted octanol–water partition coefficient (Wildman–Crippen LogP) is 4.56. The molecule has 1 aliphatic heterocycles. The molecule has 1 saturated heterocycles. The maximum atomic E-state index is 13.2. The molecule has 0 N–H and O–H groups in total. The smallest absolute Gasteiger partial charge is 0.243 e. The summed E-state index contributed by atoms with van der Waals surface area (Å²) in [4.78, 5) is 7.31. The molecule has 3 aromatic carbocycles. The van der Waals surface area contributed by atoms with Crippen LogP contribution >= 0.6 is 0 Å². The summed E-state index contributed by atoms with van der Waals surface area (Å²) in [7, 11) is -3.49. The average Bonchev–Trinajstić information content (AvgIpc) is 3.26. The van der Waals surface area contributed by atoms with Crippen molar-refractivity contribution in [3.63, 3.8) is 0 Å². The number of aryl methyl sites for hydroxylation is 1. The van der Waals surface area contributed by atoms with Gasteiger partial charge in [-0.15, -0.1) is 0 Å². The summed E-state index contributed by atoms with van der Waals surface area (Å²) < 4.78 is 33.9. The second kappa shape index (κ2) is 9.09. The van der Waals surface area contributed by atoms with Crippen LogP contribution in [-0.4, -0.2) is 48.8 Å². The Labute approximate surface area is 194 Å². The number of aromatic nitrogens is 1. The lowest BCUT2D eigenvalue weighted by atomic mass is 10.1. The molecule has 0 aliphatic carbocycles. The Hall–Kier alpha value is -3.00. The van der Waals surface area contributed by atoms with E-state index in [9.17, 15) is 8.42 Å². The molecular weight excluding hydrogens is 434 g/mol. The summed E-state index contributed by atoms with van der Waals surface area (Å²) in [6.45, 7) is 4.74. The number of sulfonamides is 1. The largest absolute Gasteiger partial charge is 0.439 e. The monoisotopic (exact) mass is 461 g/mol. The molecule has 33 heavy (non-hydrogen) atoms. The number of nitrogens with zero attached hydrogens (tertiary/aromatic N) is 3. The first-order chi connectivity index (χ1) is 16.0. The van der Waals surface area contributed by atoms with Gasteiger partial charge in [-0.2, -0.15) is 4.31 Å². The van der Waals surface area contributed by atoms with Crippen LogP contribution in [0.15, 0.2) is 82.1 Å². The fourth-order valence-corrected chi connectivity index (χ4v) is 6.08. The van der Waals surface area contributed by atoms with Crippen molar-refractivity contribution in [3.05, 3.63) is 84.3 Å². The fourth-order valence-electron chi connectivity index (χ4n) is 4.36. The minimum atomic E-state index is -3.49. The lowest BCUT2D eigenvalue weighted by molar-refractivity contribution is 0.169. The summed E-state index contributed by atoms with van der Waals surface area (Å²) >= 11 is 0. The number of rotatable bonds is 6. The molecule has 170 valence electrons. The molecule has 1 aliphatic rings. The van der Waals surface area contributed by atoms with Crippen molar-refractivity contribution >= 4 is 21.1 Å². The van der Waals surface area contributed by atoms with Crippen LogP contribution in [0.4, 0.5) is 0 Å². The normalized spacial score (nSPS) is 15.8. The van der Waals surface area contributed by atoms with Crippen molar-refractivity contribution in [2.45, 2.75) is 24.8 Å². The maximum absolute atomic E-state index is 13.2. The molecule has 6 nitrogen and oxygen atoms in total. The highest BCUT2D eigenvalue weighted by Gasteiger charge is 2.30. The van der Waals surface area contributed by atoms with E-state index in [0.717, 1.165) is 27.8 Å². The zero-order chi connectivity index (χ0) is 22.8. The first-order valence-electron chi connectivity index (χ1n) is 11.3. The number of hydrogen-bond donors (Lipinski definition) is 0. The van der Waals surface area contributed by atoms with E-state index in [2.05, 4.69) is 17.0 Å². The lowest BCUT2D eigenvalue weighted by Gasteiger charge is -2.33. The van der Waals surface area contributed by atoms with Crippen molar-refractivity contribution in [1.82, 2.24) is 14.2 Å². The van der Waals surface area contributed by atoms with Gasteiger partial charge in [-0.3, -0.25) is 4.90 Å². The maximum Gasteiger partial charge on any atom is 0.243 e. The molecule has 0 radical (unpaired) electrons. The number of piperazine rings is 1. The van der Waals surface area contributed by atoms with Crippen LogP contribution in [0.1, 0.15) is 18.4 Å². The third-order valence-corrected chi connectivity index (χ3v) is 8.20. The topological polar surface area (TPSA) is 66.7 Å². The third-order valence-electron chi connectivity index (χ3n) is 6.20. The molecule has 7 heteroatoms. The number of oxazole rings is 1. The zero-order valence-corrected chi connectivity index (χ0v) is 19.5. The highest BCUT2D eigenvalue weighted by atomic mass is 32.2. The SMILES string of the molecule is CCc1ccccc1S(=O)(=O)N1CCN(Cc2nc3cc(-c4ccccc4)ccc3o2)CC1. The minimum absolute atomic E-state index is 0.425. The van der Waals surface area contributed by atoms with Crippen LogP contribution in [0, 0.1) is 0 Å². The van der Waals surface area contributed by atoms with E-state index in [0.29, 0.717) is 49.9 Å². The molecule has 4 aromatic rings. The number of benzene rings is 3. The van der Waals surface area contributed by atoms with Crippen molar-refractivity contribution in [2.75, 3.05) is 26.2 Å². The zero-order valence-electron chi connectivity index (χ0n) is 18.6. The van der Waals surface area contributed by atoms with E-state index in [4.69, 9.17) is 9.40 Å². The molecular formula is C26H27N3O3S. The molecule has 5 rings (SSSR count). The molecule has 1 aromatic heterocycles. The highest BCUT2D eigenvalue weighted by Crippen LogP contribution is 2.26. The summed E-state index contributed by atoms with van der Waals surface area (Å²) in [6.07, 6.45) is 0.694. The van der Waals surface area contributed by atoms with Crippen molar-refractivity contribution < 1.29 is 12.8 Å². The molecule has 1 fully saturated rings. The van der Waals surface area contributed by atoms with E-state index < -0.39 is 10.0 Å². The first-order valence-corrected chi connectivity index (χ1v) is 12.7. The summed E-state index contributed by atoms with van der Waals surface area (Å²) in [6, 6.07) is 23.5. The molecule has 0 amide bonds. The van der Waals surface area contributed by atoms with Gasteiger partial charge in [-0.05, 0) is 41.3 Å². The molecule has 0 atom stereocenters. The van der Waals surface area contributed by atoms with Crippen LogP contribution in [0.3, 0.4) is 0 Å². The molecule has 0 unspecified atom stereocenters. The average molecular weight is 462 g/mol. The molecule has 0 bridgehead atoms. The lowest BCUT2D eigenvalue weighted by Crippen LogP contribution is -2.48.